The van der Waals surface area contributed by atoms with E-state index in [1.54, 1.807) is 17.7 Å². The highest BCUT2D eigenvalue weighted by Crippen LogP contribution is 2.26. The summed E-state index contributed by atoms with van der Waals surface area (Å²) >= 11 is 7.70. The second kappa shape index (κ2) is 5.40. The fourth-order valence-corrected chi connectivity index (χ4v) is 2.99. The van der Waals surface area contributed by atoms with Crippen molar-refractivity contribution in [3.8, 4) is 5.69 Å². The lowest BCUT2D eigenvalue weighted by atomic mass is 10.3. The molecule has 3 heterocycles. The Morgan fingerprint density at radius 1 is 1.09 bits per heavy atom. The summed E-state index contributed by atoms with van der Waals surface area (Å²) in [6, 6.07) is 11.8. The van der Waals surface area contributed by atoms with Gasteiger partial charge >= 0.3 is 0 Å². The van der Waals surface area contributed by atoms with E-state index in [0.29, 0.717) is 17.0 Å². The molecule has 22 heavy (non-hydrogen) atoms. The second-order valence-corrected chi connectivity index (χ2v) is 5.72. The maximum atomic E-state index is 6.08. The van der Waals surface area contributed by atoms with Crippen LogP contribution in [0.3, 0.4) is 0 Å². The molecule has 0 saturated carbocycles. The van der Waals surface area contributed by atoms with E-state index in [0.717, 1.165) is 11.4 Å². The smallest absolute Gasteiger partial charge is 0.226 e. The average Bonchev–Trinajstić information content (AvgIpc) is 3.16. The average molecular weight is 328 g/mol. The van der Waals surface area contributed by atoms with Crippen LogP contribution in [0.15, 0.2) is 53.5 Å². The minimum atomic E-state index is 0.183. The number of para-hydroxylation sites is 1. The molecule has 0 fully saturated rings. The van der Waals surface area contributed by atoms with Crippen LogP contribution in [0.2, 0.25) is 5.28 Å². The van der Waals surface area contributed by atoms with Gasteiger partial charge in [0.2, 0.25) is 5.28 Å². The van der Waals surface area contributed by atoms with Gasteiger partial charge in [-0.1, -0.05) is 18.2 Å². The Bertz CT molecular complexity index is 918. The van der Waals surface area contributed by atoms with Crippen molar-refractivity contribution in [1.29, 1.82) is 0 Å². The number of imidazole rings is 1. The van der Waals surface area contributed by atoms with Gasteiger partial charge in [0.05, 0.1) is 5.69 Å². The van der Waals surface area contributed by atoms with E-state index in [1.165, 1.54) is 0 Å². The SMILES string of the molecule is Clc1nc(Nc2ccccc2)c2ncn(-c3ccsc3)c2n1. The maximum Gasteiger partial charge on any atom is 0.226 e. The summed E-state index contributed by atoms with van der Waals surface area (Å²) in [6.07, 6.45) is 1.73. The van der Waals surface area contributed by atoms with Gasteiger partial charge in [-0.25, -0.2) is 4.98 Å². The maximum absolute atomic E-state index is 6.08. The molecule has 1 aromatic carbocycles. The molecule has 1 N–H and O–H groups in total. The van der Waals surface area contributed by atoms with Crippen molar-refractivity contribution in [3.05, 3.63) is 58.8 Å². The van der Waals surface area contributed by atoms with Crippen LogP contribution in [0.5, 0.6) is 0 Å². The Morgan fingerprint density at radius 3 is 2.73 bits per heavy atom. The lowest BCUT2D eigenvalue weighted by Crippen LogP contribution is -1.99. The zero-order valence-corrected chi connectivity index (χ0v) is 12.8. The van der Waals surface area contributed by atoms with Gasteiger partial charge in [-0.2, -0.15) is 21.3 Å². The molecular formula is C15H10ClN5S. The zero-order chi connectivity index (χ0) is 14.9. The van der Waals surface area contributed by atoms with Crippen LogP contribution in [0, 0.1) is 0 Å². The number of nitrogens with one attached hydrogen (secondary N) is 1. The van der Waals surface area contributed by atoms with E-state index in [4.69, 9.17) is 11.6 Å². The van der Waals surface area contributed by atoms with Crippen molar-refractivity contribution >= 4 is 45.6 Å². The predicted molar refractivity (Wildman–Crippen MR) is 89.3 cm³/mol. The molecule has 0 aliphatic heterocycles. The predicted octanol–water partition coefficient (Wildman–Crippen LogP) is 4.27. The first-order valence-corrected chi connectivity index (χ1v) is 7.88. The first kappa shape index (κ1) is 13.2. The highest BCUT2D eigenvalue weighted by atomic mass is 35.5. The van der Waals surface area contributed by atoms with Crippen LogP contribution in [-0.2, 0) is 0 Å². The Labute approximate surface area is 135 Å². The van der Waals surface area contributed by atoms with Gasteiger partial charge in [0.25, 0.3) is 0 Å². The van der Waals surface area contributed by atoms with Crippen molar-refractivity contribution in [2.24, 2.45) is 0 Å². The molecular weight excluding hydrogens is 318 g/mol. The Balaban J connectivity index is 1.86. The number of benzene rings is 1. The largest absolute Gasteiger partial charge is 0.338 e. The Kier molecular flexibility index (Phi) is 3.25. The summed E-state index contributed by atoms with van der Waals surface area (Å²) in [5.74, 6) is 0.593. The molecule has 5 nitrogen and oxygen atoms in total. The summed E-state index contributed by atoms with van der Waals surface area (Å²) in [4.78, 5) is 13.0. The first-order valence-electron chi connectivity index (χ1n) is 6.56. The number of hydrogen-bond donors (Lipinski definition) is 1. The van der Waals surface area contributed by atoms with Crippen molar-refractivity contribution in [2.75, 3.05) is 5.32 Å². The highest BCUT2D eigenvalue weighted by Gasteiger charge is 2.14. The van der Waals surface area contributed by atoms with Gasteiger partial charge in [-0.3, -0.25) is 4.57 Å². The molecule has 0 amide bonds. The topological polar surface area (TPSA) is 55.6 Å². The number of anilines is 2. The van der Waals surface area contributed by atoms with E-state index in [9.17, 15) is 0 Å². The number of halogens is 1. The molecule has 0 aliphatic carbocycles. The van der Waals surface area contributed by atoms with Gasteiger partial charge in [0.15, 0.2) is 17.0 Å². The molecule has 4 rings (SSSR count). The molecule has 0 bridgehead atoms. The minimum absolute atomic E-state index is 0.183. The van der Waals surface area contributed by atoms with E-state index in [-0.39, 0.29) is 5.28 Å². The molecule has 3 aromatic heterocycles. The third-order valence-electron chi connectivity index (χ3n) is 3.19. The van der Waals surface area contributed by atoms with Crippen LogP contribution in [0.4, 0.5) is 11.5 Å². The molecule has 4 aromatic rings. The standard InChI is InChI=1S/C15H10ClN5S/c16-15-19-13(18-10-4-2-1-3-5-10)12-14(20-15)21(9-17-12)11-6-7-22-8-11/h1-9H,(H,18,19,20). The molecule has 0 unspecified atom stereocenters. The third kappa shape index (κ3) is 2.32. The minimum Gasteiger partial charge on any atom is -0.338 e. The summed E-state index contributed by atoms with van der Waals surface area (Å²) in [7, 11) is 0. The van der Waals surface area contributed by atoms with Crippen LogP contribution < -0.4 is 5.32 Å². The summed E-state index contributed by atoms with van der Waals surface area (Å²) < 4.78 is 1.90. The molecule has 0 spiro atoms. The first-order chi connectivity index (χ1) is 10.8. The summed E-state index contributed by atoms with van der Waals surface area (Å²) in [5, 5.41) is 7.46. The fourth-order valence-electron chi connectivity index (χ4n) is 2.20. The van der Waals surface area contributed by atoms with Crippen molar-refractivity contribution in [2.45, 2.75) is 0 Å². The number of thiophene rings is 1. The lowest BCUT2D eigenvalue weighted by molar-refractivity contribution is 1.07. The number of rotatable bonds is 3. The number of hydrogen-bond acceptors (Lipinski definition) is 5. The van der Waals surface area contributed by atoms with E-state index < -0.39 is 0 Å². The fraction of sp³-hybridized carbons (Fsp3) is 0. The van der Waals surface area contributed by atoms with E-state index in [1.807, 2.05) is 51.7 Å². The van der Waals surface area contributed by atoms with Gasteiger partial charge in [-0.15, -0.1) is 0 Å². The molecule has 0 radical (unpaired) electrons. The zero-order valence-electron chi connectivity index (χ0n) is 11.3. The molecule has 0 saturated heterocycles. The van der Waals surface area contributed by atoms with Gasteiger partial charge in [0.1, 0.15) is 6.33 Å². The molecule has 7 heteroatoms. The number of aromatic nitrogens is 4. The van der Waals surface area contributed by atoms with Crippen molar-refractivity contribution in [3.63, 3.8) is 0 Å². The third-order valence-corrected chi connectivity index (χ3v) is 4.03. The van der Waals surface area contributed by atoms with Crippen LogP contribution in [0.25, 0.3) is 16.9 Å². The summed E-state index contributed by atoms with van der Waals surface area (Å²) in [5.41, 5.74) is 3.29. The van der Waals surface area contributed by atoms with E-state index in [2.05, 4.69) is 20.3 Å². The van der Waals surface area contributed by atoms with Crippen LogP contribution in [-0.4, -0.2) is 19.5 Å². The normalized spacial score (nSPS) is 11.0. The monoisotopic (exact) mass is 327 g/mol. The van der Waals surface area contributed by atoms with Gasteiger partial charge in [0, 0.05) is 11.1 Å². The number of nitrogens with zero attached hydrogens (tertiary/aromatic N) is 4. The van der Waals surface area contributed by atoms with E-state index >= 15 is 0 Å². The van der Waals surface area contributed by atoms with Gasteiger partial charge in [-0.05, 0) is 35.2 Å². The highest BCUT2D eigenvalue weighted by molar-refractivity contribution is 7.08. The summed E-state index contributed by atoms with van der Waals surface area (Å²) in [6.45, 7) is 0. The van der Waals surface area contributed by atoms with Crippen molar-refractivity contribution < 1.29 is 0 Å². The molecule has 0 atom stereocenters. The molecule has 0 aliphatic rings. The quantitative estimate of drug-likeness (QED) is 0.571. The second-order valence-electron chi connectivity index (χ2n) is 4.60. The lowest BCUT2D eigenvalue weighted by Gasteiger charge is -2.07. The van der Waals surface area contributed by atoms with Crippen molar-refractivity contribution in [1.82, 2.24) is 19.5 Å². The number of fused-ring (bicyclic) bond motifs is 1. The van der Waals surface area contributed by atoms with Gasteiger partial charge < -0.3 is 5.32 Å². The Hall–Kier alpha value is -2.44. The van der Waals surface area contributed by atoms with Crippen LogP contribution >= 0.6 is 22.9 Å². The van der Waals surface area contributed by atoms with Crippen LogP contribution in [0.1, 0.15) is 0 Å². The Morgan fingerprint density at radius 2 is 1.95 bits per heavy atom. The molecule has 108 valence electrons.